The number of nitrogens with one attached hydrogen (secondary N) is 1. The Hall–Kier alpha value is -1.43. The second kappa shape index (κ2) is 6.34. The number of esters is 1. The summed E-state index contributed by atoms with van der Waals surface area (Å²) in [7, 11) is 2.66. The van der Waals surface area contributed by atoms with Gasteiger partial charge in [0.15, 0.2) is 5.81 Å². The zero-order valence-corrected chi connectivity index (χ0v) is 10.7. The lowest BCUT2D eigenvalue weighted by Crippen LogP contribution is -2.42. The standard InChI is InChI=1S/C11H14BNO3S/c1-16-10(14)9(13-11(12)15)6-7-3-2-4-8(17)5-7/h2-5,9,17H,6,12H2,1H3,(H,13,15). The van der Waals surface area contributed by atoms with Gasteiger partial charge in [0.1, 0.15) is 6.04 Å². The highest BCUT2D eigenvalue weighted by molar-refractivity contribution is 7.80. The normalized spacial score (nSPS) is 11.6. The lowest BCUT2D eigenvalue weighted by molar-refractivity contribution is -0.142. The number of hydrogen-bond donors (Lipinski definition) is 2. The van der Waals surface area contributed by atoms with Gasteiger partial charge in [-0.2, -0.15) is 0 Å². The van der Waals surface area contributed by atoms with Gasteiger partial charge in [0.05, 0.1) is 7.11 Å². The Morgan fingerprint density at radius 2 is 2.24 bits per heavy atom. The van der Waals surface area contributed by atoms with Crippen LogP contribution in [-0.4, -0.2) is 32.8 Å². The third-order valence-electron chi connectivity index (χ3n) is 2.21. The Morgan fingerprint density at radius 1 is 1.53 bits per heavy atom. The Morgan fingerprint density at radius 3 is 2.76 bits per heavy atom. The summed E-state index contributed by atoms with van der Waals surface area (Å²) >= 11 is 4.22. The summed E-state index contributed by atoms with van der Waals surface area (Å²) in [6.07, 6.45) is 0.390. The number of ether oxygens (including phenoxy) is 1. The van der Waals surface area contributed by atoms with E-state index in [-0.39, 0.29) is 5.81 Å². The van der Waals surface area contributed by atoms with Crippen LogP contribution in [-0.2, 0) is 16.0 Å². The molecule has 0 radical (unpaired) electrons. The molecule has 0 aliphatic heterocycles. The van der Waals surface area contributed by atoms with Crippen molar-refractivity contribution in [1.82, 2.24) is 5.32 Å². The molecule has 17 heavy (non-hydrogen) atoms. The first-order chi connectivity index (χ1) is 8.02. The van der Waals surface area contributed by atoms with Gasteiger partial charge in [0.25, 0.3) is 0 Å². The van der Waals surface area contributed by atoms with Gasteiger partial charge < -0.3 is 10.1 Å². The van der Waals surface area contributed by atoms with E-state index >= 15 is 0 Å². The van der Waals surface area contributed by atoms with E-state index in [1.54, 1.807) is 0 Å². The summed E-state index contributed by atoms with van der Waals surface area (Å²) in [5, 5.41) is 2.56. The summed E-state index contributed by atoms with van der Waals surface area (Å²) in [5.74, 6) is -0.716. The lowest BCUT2D eigenvalue weighted by atomic mass is 10.0. The van der Waals surface area contributed by atoms with Crippen LogP contribution in [0.2, 0.25) is 0 Å². The Bertz CT molecular complexity index is 425. The fraction of sp³-hybridized carbons (Fsp3) is 0.273. The van der Waals surface area contributed by atoms with Crippen LogP contribution in [0.25, 0.3) is 0 Å². The minimum atomic E-state index is -0.660. The third kappa shape index (κ3) is 4.52. The van der Waals surface area contributed by atoms with E-state index in [1.165, 1.54) is 15.0 Å². The van der Waals surface area contributed by atoms with Crippen molar-refractivity contribution in [2.24, 2.45) is 0 Å². The van der Waals surface area contributed by atoms with E-state index in [9.17, 15) is 9.59 Å². The molecule has 1 aromatic rings. The average molecular weight is 251 g/mol. The minimum absolute atomic E-state index is 0.262. The highest BCUT2D eigenvalue weighted by Crippen LogP contribution is 2.11. The van der Waals surface area contributed by atoms with Gasteiger partial charge in [-0.15, -0.1) is 12.6 Å². The number of rotatable bonds is 4. The second-order valence-corrected chi connectivity index (χ2v) is 4.17. The number of carbonyl (C=O) groups is 2. The summed E-state index contributed by atoms with van der Waals surface area (Å²) in [6.45, 7) is 0. The molecule has 0 fully saturated rings. The lowest BCUT2D eigenvalue weighted by Gasteiger charge is -2.15. The molecule has 1 rings (SSSR count). The maximum Gasteiger partial charge on any atom is 0.328 e. The van der Waals surface area contributed by atoms with Crippen molar-refractivity contribution in [3.8, 4) is 0 Å². The van der Waals surface area contributed by atoms with E-state index in [0.717, 1.165) is 10.5 Å². The van der Waals surface area contributed by atoms with Crippen molar-refractivity contribution < 1.29 is 14.3 Å². The van der Waals surface area contributed by atoms with Crippen LogP contribution in [0.15, 0.2) is 29.2 Å². The fourth-order valence-electron chi connectivity index (χ4n) is 1.50. The predicted octanol–water partition coefficient (Wildman–Crippen LogP) is 0.402. The molecule has 0 saturated heterocycles. The average Bonchev–Trinajstić information content (AvgIpc) is 2.26. The summed E-state index contributed by atoms with van der Waals surface area (Å²) in [6, 6.07) is 6.75. The first-order valence-electron chi connectivity index (χ1n) is 5.15. The largest absolute Gasteiger partial charge is 0.467 e. The van der Waals surface area contributed by atoms with E-state index in [4.69, 9.17) is 0 Å². The van der Waals surface area contributed by atoms with Crippen molar-refractivity contribution >= 4 is 32.3 Å². The number of carbonyl (C=O) groups excluding carboxylic acids is 2. The summed E-state index contributed by atoms with van der Waals surface area (Å²) in [4.78, 5) is 23.3. The third-order valence-corrected chi connectivity index (χ3v) is 2.49. The molecular formula is C11H14BNO3S. The van der Waals surface area contributed by atoms with Gasteiger partial charge >= 0.3 is 5.97 Å². The van der Waals surface area contributed by atoms with Crippen LogP contribution >= 0.6 is 12.6 Å². The van der Waals surface area contributed by atoms with Crippen LogP contribution in [0.4, 0.5) is 4.79 Å². The van der Waals surface area contributed by atoms with E-state index in [0.29, 0.717) is 6.42 Å². The molecule has 1 aromatic carbocycles. The number of amides is 1. The molecule has 1 unspecified atom stereocenters. The smallest absolute Gasteiger partial charge is 0.328 e. The number of thiol groups is 1. The van der Waals surface area contributed by atoms with Crippen molar-refractivity contribution in [3.05, 3.63) is 29.8 Å². The fourth-order valence-corrected chi connectivity index (χ4v) is 1.75. The SMILES string of the molecule is BC(=O)NC(Cc1cccc(S)c1)C(=O)OC. The van der Waals surface area contributed by atoms with Crippen LogP contribution in [0.1, 0.15) is 5.56 Å². The molecule has 0 aromatic heterocycles. The molecule has 1 atom stereocenters. The zero-order valence-electron chi connectivity index (χ0n) is 9.77. The monoisotopic (exact) mass is 251 g/mol. The maximum atomic E-state index is 11.5. The van der Waals surface area contributed by atoms with Gasteiger partial charge in [0.2, 0.25) is 7.85 Å². The Balaban J connectivity index is 2.78. The first-order valence-corrected chi connectivity index (χ1v) is 5.60. The van der Waals surface area contributed by atoms with Crippen molar-refractivity contribution in [2.45, 2.75) is 17.4 Å². The molecule has 1 N–H and O–H groups in total. The topological polar surface area (TPSA) is 55.4 Å². The molecule has 0 spiro atoms. The molecular weight excluding hydrogens is 237 g/mol. The van der Waals surface area contributed by atoms with Crippen LogP contribution < -0.4 is 5.32 Å². The molecule has 4 nitrogen and oxygen atoms in total. The number of hydrogen-bond acceptors (Lipinski definition) is 4. The van der Waals surface area contributed by atoms with Gasteiger partial charge in [-0.1, -0.05) is 12.1 Å². The molecule has 0 aliphatic rings. The number of benzene rings is 1. The number of methoxy groups -OCH3 is 1. The van der Waals surface area contributed by atoms with Crippen LogP contribution in [0.3, 0.4) is 0 Å². The molecule has 0 saturated carbocycles. The van der Waals surface area contributed by atoms with Crippen LogP contribution in [0.5, 0.6) is 0 Å². The maximum absolute atomic E-state index is 11.5. The van der Waals surface area contributed by atoms with E-state index in [1.807, 2.05) is 24.3 Å². The molecule has 6 heteroatoms. The van der Waals surface area contributed by atoms with Crippen LogP contribution in [0, 0.1) is 0 Å². The molecule has 90 valence electrons. The van der Waals surface area contributed by atoms with E-state index in [2.05, 4.69) is 22.7 Å². The van der Waals surface area contributed by atoms with Crippen molar-refractivity contribution in [2.75, 3.05) is 7.11 Å². The second-order valence-electron chi connectivity index (χ2n) is 3.65. The van der Waals surface area contributed by atoms with Crippen molar-refractivity contribution in [1.29, 1.82) is 0 Å². The molecule has 1 amide bonds. The molecule has 0 bridgehead atoms. The minimum Gasteiger partial charge on any atom is -0.467 e. The zero-order chi connectivity index (χ0) is 12.8. The van der Waals surface area contributed by atoms with Crippen molar-refractivity contribution in [3.63, 3.8) is 0 Å². The Labute approximate surface area is 107 Å². The highest BCUT2D eigenvalue weighted by atomic mass is 32.1. The highest BCUT2D eigenvalue weighted by Gasteiger charge is 2.20. The quantitative estimate of drug-likeness (QED) is 0.462. The molecule has 0 aliphatic carbocycles. The Kier molecular flexibility index (Phi) is 5.09. The predicted molar refractivity (Wildman–Crippen MR) is 70.3 cm³/mol. The summed E-state index contributed by atoms with van der Waals surface area (Å²) in [5.41, 5.74) is 0.918. The van der Waals surface area contributed by atoms with Gasteiger partial charge in [-0.05, 0) is 17.7 Å². The molecule has 0 heterocycles. The van der Waals surface area contributed by atoms with Gasteiger partial charge in [-0.25, -0.2) is 4.79 Å². The van der Waals surface area contributed by atoms with Gasteiger partial charge in [-0.3, -0.25) is 4.79 Å². The first kappa shape index (κ1) is 13.6. The summed E-state index contributed by atoms with van der Waals surface area (Å²) < 4.78 is 4.64. The van der Waals surface area contributed by atoms with E-state index < -0.39 is 12.0 Å². The van der Waals surface area contributed by atoms with Gasteiger partial charge in [0, 0.05) is 11.3 Å².